The van der Waals surface area contributed by atoms with Crippen molar-refractivity contribution in [2.45, 2.75) is 26.3 Å². The fourth-order valence-electron chi connectivity index (χ4n) is 1.35. The lowest BCUT2D eigenvalue weighted by Gasteiger charge is -2.05. The Hall–Kier alpha value is -1.36. The number of aryl methyl sites for hydroxylation is 2. The minimum Gasteiger partial charge on any atom is -0.385 e. The molecule has 0 saturated heterocycles. The molecule has 1 aromatic rings. The fraction of sp³-hybridized carbons (Fsp3) is 0.600. The first-order chi connectivity index (χ1) is 7.19. The van der Waals surface area contributed by atoms with Crippen LogP contribution in [0.25, 0.3) is 0 Å². The normalized spacial score (nSPS) is 10.5. The number of aromatic amines is 1. The summed E-state index contributed by atoms with van der Waals surface area (Å²) in [5.74, 6) is 0. The average Bonchev–Trinajstić information content (AvgIpc) is 2.21. The number of ether oxygens (including phenoxy) is 1. The number of aromatic nitrogens is 2. The van der Waals surface area contributed by atoms with E-state index in [9.17, 15) is 9.59 Å². The van der Waals surface area contributed by atoms with Crippen molar-refractivity contribution >= 4 is 0 Å². The first-order valence-electron chi connectivity index (χ1n) is 5.00. The maximum atomic E-state index is 11.4. The lowest BCUT2D eigenvalue weighted by Crippen LogP contribution is -2.31. The summed E-state index contributed by atoms with van der Waals surface area (Å²) in [6.07, 6.45) is 3.00. The zero-order valence-corrected chi connectivity index (χ0v) is 9.08. The van der Waals surface area contributed by atoms with Gasteiger partial charge in [-0.3, -0.25) is 9.78 Å². The molecule has 0 aliphatic carbocycles. The third-order valence-electron chi connectivity index (χ3n) is 2.21. The molecule has 0 unspecified atom stereocenters. The number of H-pyrrole nitrogens is 1. The molecule has 0 aliphatic rings. The minimum absolute atomic E-state index is 0.287. The number of nitrogens with zero attached hydrogens (tertiary/aromatic N) is 1. The van der Waals surface area contributed by atoms with Gasteiger partial charge in [-0.15, -0.1) is 0 Å². The van der Waals surface area contributed by atoms with Gasteiger partial charge in [0.05, 0.1) is 0 Å². The molecule has 1 heterocycles. The Labute approximate surface area is 87.7 Å². The molecule has 15 heavy (non-hydrogen) atoms. The summed E-state index contributed by atoms with van der Waals surface area (Å²) in [6, 6.07) is 0. The van der Waals surface area contributed by atoms with Crippen LogP contribution in [-0.4, -0.2) is 23.3 Å². The molecule has 0 aliphatic heterocycles. The van der Waals surface area contributed by atoms with Crippen LogP contribution < -0.4 is 11.2 Å². The number of methoxy groups -OCH3 is 1. The Morgan fingerprint density at radius 1 is 1.47 bits per heavy atom. The lowest BCUT2D eigenvalue weighted by atomic mass is 10.2. The lowest BCUT2D eigenvalue weighted by molar-refractivity contribution is 0.189. The van der Waals surface area contributed by atoms with E-state index in [1.807, 2.05) is 6.92 Å². The van der Waals surface area contributed by atoms with Crippen LogP contribution in [0.4, 0.5) is 0 Å². The molecular weight excluding hydrogens is 196 g/mol. The smallest absolute Gasteiger partial charge is 0.328 e. The first kappa shape index (κ1) is 11.7. The fourth-order valence-corrected chi connectivity index (χ4v) is 1.35. The van der Waals surface area contributed by atoms with E-state index in [0.29, 0.717) is 25.1 Å². The maximum absolute atomic E-state index is 11.4. The van der Waals surface area contributed by atoms with E-state index in [4.69, 9.17) is 4.74 Å². The van der Waals surface area contributed by atoms with Crippen molar-refractivity contribution < 1.29 is 4.74 Å². The Morgan fingerprint density at radius 2 is 2.20 bits per heavy atom. The molecule has 0 atom stereocenters. The monoisotopic (exact) mass is 212 g/mol. The van der Waals surface area contributed by atoms with E-state index in [0.717, 1.165) is 6.42 Å². The van der Waals surface area contributed by atoms with Gasteiger partial charge in [-0.1, -0.05) is 6.92 Å². The zero-order chi connectivity index (χ0) is 11.3. The van der Waals surface area contributed by atoms with Gasteiger partial charge in [-0.2, -0.15) is 0 Å². The van der Waals surface area contributed by atoms with Crippen LogP contribution in [-0.2, 0) is 17.7 Å². The standard InChI is InChI=1S/C10H16N2O3/c1-3-8-7-12(5-4-6-15-2)10(14)11-9(8)13/h7H,3-6H2,1-2H3,(H,11,13,14). The molecule has 5 nitrogen and oxygen atoms in total. The molecule has 0 radical (unpaired) electrons. The quantitative estimate of drug-likeness (QED) is 0.706. The maximum Gasteiger partial charge on any atom is 0.328 e. The molecular formula is C10H16N2O3. The third kappa shape index (κ3) is 3.06. The Morgan fingerprint density at radius 3 is 2.80 bits per heavy atom. The molecule has 5 heteroatoms. The van der Waals surface area contributed by atoms with Crippen LogP contribution >= 0.6 is 0 Å². The highest BCUT2D eigenvalue weighted by atomic mass is 16.5. The summed E-state index contributed by atoms with van der Waals surface area (Å²) < 4.78 is 6.41. The van der Waals surface area contributed by atoms with E-state index < -0.39 is 0 Å². The average molecular weight is 212 g/mol. The molecule has 0 fully saturated rings. The molecule has 84 valence electrons. The van der Waals surface area contributed by atoms with E-state index >= 15 is 0 Å². The number of nitrogens with one attached hydrogen (secondary N) is 1. The summed E-state index contributed by atoms with van der Waals surface area (Å²) in [6.45, 7) is 3.05. The van der Waals surface area contributed by atoms with Crippen molar-refractivity contribution in [2.75, 3.05) is 13.7 Å². The number of hydrogen-bond acceptors (Lipinski definition) is 3. The van der Waals surface area contributed by atoms with Gasteiger partial charge in [-0.25, -0.2) is 4.79 Å². The van der Waals surface area contributed by atoms with Gasteiger partial charge in [0.2, 0.25) is 0 Å². The van der Waals surface area contributed by atoms with Crippen molar-refractivity contribution in [3.8, 4) is 0 Å². The molecule has 0 spiro atoms. The van der Waals surface area contributed by atoms with Crippen molar-refractivity contribution in [3.05, 3.63) is 32.6 Å². The van der Waals surface area contributed by atoms with Crippen molar-refractivity contribution in [1.82, 2.24) is 9.55 Å². The number of hydrogen-bond donors (Lipinski definition) is 1. The van der Waals surface area contributed by atoms with E-state index in [-0.39, 0.29) is 11.2 Å². The summed E-state index contributed by atoms with van der Waals surface area (Å²) in [7, 11) is 1.62. The summed E-state index contributed by atoms with van der Waals surface area (Å²) in [5, 5.41) is 0. The largest absolute Gasteiger partial charge is 0.385 e. The number of rotatable bonds is 5. The van der Waals surface area contributed by atoms with Crippen LogP contribution in [0.2, 0.25) is 0 Å². The SMILES string of the molecule is CCc1cn(CCCOC)c(=O)[nH]c1=O. The molecule has 0 saturated carbocycles. The Balaban J connectivity index is 2.88. The molecule has 1 N–H and O–H groups in total. The van der Waals surface area contributed by atoms with Crippen molar-refractivity contribution in [1.29, 1.82) is 0 Å². The molecule has 1 rings (SSSR count). The van der Waals surface area contributed by atoms with Gasteiger partial charge in [-0.05, 0) is 12.8 Å². The predicted octanol–water partition coefficient (Wildman–Crippen LogP) is 0.136. The summed E-state index contributed by atoms with van der Waals surface area (Å²) >= 11 is 0. The van der Waals surface area contributed by atoms with Crippen molar-refractivity contribution in [3.63, 3.8) is 0 Å². The zero-order valence-electron chi connectivity index (χ0n) is 9.08. The van der Waals surface area contributed by atoms with Gasteiger partial charge in [0.1, 0.15) is 0 Å². The first-order valence-corrected chi connectivity index (χ1v) is 5.00. The van der Waals surface area contributed by atoms with Crippen LogP contribution in [0.3, 0.4) is 0 Å². The second-order valence-electron chi connectivity index (χ2n) is 3.31. The highest BCUT2D eigenvalue weighted by Gasteiger charge is 2.02. The topological polar surface area (TPSA) is 64.1 Å². The highest BCUT2D eigenvalue weighted by Crippen LogP contribution is 1.91. The predicted molar refractivity (Wildman–Crippen MR) is 57.2 cm³/mol. The van der Waals surface area contributed by atoms with E-state index in [1.54, 1.807) is 13.3 Å². The van der Waals surface area contributed by atoms with Gasteiger partial charge in [0, 0.05) is 32.0 Å². The highest BCUT2D eigenvalue weighted by molar-refractivity contribution is 5.03. The van der Waals surface area contributed by atoms with Crippen molar-refractivity contribution in [2.24, 2.45) is 0 Å². The van der Waals surface area contributed by atoms with Gasteiger partial charge in [0.15, 0.2) is 0 Å². The summed E-state index contributed by atoms with van der Waals surface area (Å²) in [4.78, 5) is 24.9. The van der Waals surface area contributed by atoms with Gasteiger partial charge in [0.25, 0.3) is 5.56 Å². The second kappa shape index (κ2) is 5.50. The van der Waals surface area contributed by atoms with E-state index in [2.05, 4.69) is 4.98 Å². The van der Waals surface area contributed by atoms with E-state index in [1.165, 1.54) is 4.57 Å². The van der Waals surface area contributed by atoms with Crippen LogP contribution in [0, 0.1) is 0 Å². The van der Waals surface area contributed by atoms with Gasteiger partial charge < -0.3 is 9.30 Å². The second-order valence-corrected chi connectivity index (χ2v) is 3.31. The molecule has 1 aromatic heterocycles. The minimum atomic E-state index is -0.353. The Kier molecular flexibility index (Phi) is 4.30. The van der Waals surface area contributed by atoms with Crippen LogP contribution in [0.1, 0.15) is 18.9 Å². The summed E-state index contributed by atoms with van der Waals surface area (Å²) in [5.41, 5.74) is -0.00851. The molecule has 0 bridgehead atoms. The molecule has 0 aromatic carbocycles. The van der Waals surface area contributed by atoms with Gasteiger partial charge >= 0.3 is 5.69 Å². The third-order valence-corrected chi connectivity index (χ3v) is 2.21. The molecule has 0 amide bonds. The van der Waals surface area contributed by atoms with Crippen LogP contribution in [0.15, 0.2) is 15.8 Å². The van der Waals surface area contributed by atoms with Crippen LogP contribution in [0.5, 0.6) is 0 Å². The Bertz CT molecular complexity index is 419.